The van der Waals surface area contributed by atoms with Crippen LogP contribution in [-0.2, 0) is 0 Å². The summed E-state index contributed by atoms with van der Waals surface area (Å²) in [6, 6.07) is 0. The van der Waals surface area contributed by atoms with Crippen LogP contribution in [0.4, 0.5) is 0 Å². The molecule has 28 heavy (non-hydrogen) atoms. The maximum Gasteiger partial charge on any atom is 0.227 e. The second-order valence-electron chi connectivity index (χ2n) is 5.80. The smallest absolute Gasteiger partial charge is 0.227 e. The van der Waals surface area contributed by atoms with Gasteiger partial charge in [-0.1, -0.05) is 0 Å². The van der Waals surface area contributed by atoms with E-state index in [0.717, 1.165) is 11.3 Å². The van der Waals surface area contributed by atoms with Crippen LogP contribution in [0.3, 0.4) is 0 Å². The molecule has 2 heterocycles. The Bertz CT molecular complexity index is 1310. The van der Waals surface area contributed by atoms with Crippen LogP contribution < -0.4 is 5.46 Å². The summed E-state index contributed by atoms with van der Waals surface area (Å²) >= 11 is 12.4. The summed E-state index contributed by atoms with van der Waals surface area (Å²) in [5, 5.41) is 61.2. The van der Waals surface area contributed by atoms with Crippen molar-refractivity contribution in [2.24, 2.45) is 0 Å². The van der Waals surface area contributed by atoms with Crippen molar-refractivity contribution in [2.45, 2.75) is 0 Å². The average Bonchev–Trinajstić information content (AvgIpc) is 3.02. The fraction of sp³-hybridized carbons (Fsp3) is 0. The number of phenolic OH excluding ortho intramolecular Hbond substituents is 6. The summed E-state index contributed by atoms with van der Waals surface area (Å²) in [5.41, 5.74) is -0.224. The van der Waals surface area contributed by atoms with Gasteiger partial charge in [-0.25, -0.2) is 0 Å². The molecule has 13 heteroatoms. The Morgan fingerprint density at radius 2 is 1.21 bits per heavy atom. The number of nitrogens with zero attached hydrogens (tertiary/aromatic N) is 3. The van der Waals surface area contributed by atoms with Gasteiger partial charge in [0, 0.05) is 5.39 Å². The van der Waals surface area contributed by atoms with Gasteiger partial charge in [-0.05, 0) is 28.7 Å². The van der Waals surface area contributed by atoms with Crippen LogP contribution in [0.5, 0.6) is 34.5 Å². The van der Waals surface area contributed by atoms with Crippen LogP contribution in [0.1, 0.15) is 0 Å². The maximum absolute atomic E-state index is 10.5. The van der Waals surface area contributed by atoms with Gasteiger partial charge in [0.15, 0.2) is 28.8 Å². The average molecular weight is 440 g/mol. The van der Waals surface area contributed by atoms with E-state index in [1.165, 1.54) is 7.85 Å². The first kappa shape index (κ1) is 18.5. The normalized spacial score (nSPS) is 11.5. The zero-order chi connectivity index (χ0) is 20.5. The van der Waals surface area contributed by atoms with Gasteiger partial charge in [-0.2, -0.15) is 15.0 Å². The molecule has 0 saturated heterocycles. The molecule has 0 atom stereocenters. The van der Waals surface area contributed by atoms with E-state index in [1.807, 2.05) is 0 Å². The SMILES string of the molecule is Bc1c(O)c(O)c2c(sc3c(O)c(O)c(O)c(-c4nc(Cl)nc(Cl)n4)c32)c1O. The van der Waals surface area contributed by atoms with Crippen LogP contribution in [0.2, 0.25) is 10.6 Å². The van der Waals surface area contributed by atoms with Gasteiger partial charge in [0.05, 0.1) is 20.3 Å². The van der Waals surface area contributed by atoms with E-state index in [0.29, 0.717) is 0 Å². The number of hydrogen-bond donors (Lipinski definition) is 6. The molecule has 4 rings (SSSR count). The Morgan fingerprint density at radius 3 is 1.82 bits per heavy atom. The van der Waals surface area contributed by atoms with Gasteiger partial charge >= 0.3 is 0 Å². The molecule has 0 aliphatic rings. The van der Waals surface area contributed by atoms with E-state index >= 15 is 0 Å². The number of benzene rings is 2. The van der Waals surface area contributed by atoms with E-state index in [1.54, 1.807) is 0 Å². The van der Waals surface area contributed by atoms with Crippen molar-refractivity contribution in [3.63, 3.8) is 0 Å². The van der Waals surface area contributed by atoms with E-state index < -0.39 is 28.7 Å². The summed E-state index contributed by atoms with van der Waals surface area (Å²) in [7, 11) is 1.38. The molecule has 4 aromatic rings. The van der Waals surface area contributed by atoms with Gasteiger partial charge in [0.1, 0.15) is 13.6 Å². The fourth-order valence-electron chi connectivity index (χ4n) is 2.92. The van der Waals surface area contributed by atoms with Crippen LogP contribution >= 0.6 is 34.5 Å². The quantitative estimate of drug-likeness (QED) is 0.147. The second kappa shape index (κ2) is 6.06. The Hall–Kier alpha value is -2.89. The summed E-state index contributed by atoms with van der Waals surface area (Å²) in [6.07, 6.45) is 0. The number of aromatic hydroxyl groups is 6. The predicted octanol–water partition coefficient (Wildman–Crippen LogP) is 1.71. The third-order valence-corrected chi connectivity index (χ3v) is 5.79. The van der Waals surface area contributed by atoms with Crippen molar-refractivity contribution >= 4 is 68.0 Å². The number of halogens is 2. The summed E-state index contributed by atoms with van der Waals surface area (Å²) in [5.74, 6) is -4.18. The predicted molar refractivity (Wildman–Crippen MR) is 106 cm³/mol. The van der Waals surface area contributed by atoms with Crippen LogP contribution in [-0.4, -0.2) is 53.4 Å². The van der Waals surface area contributed by atoms with Gasteiger partial charge in [-0.15, -0.1) is 11.3 Å². The lowest BCUT2D eigenvalue weighted by molar-refractivity contribution is 0.372. The van der Waals surface area contributed by atoms with Crippen molar-refractivity contribution in [3.05, 3.63) is 10.6 Å². The summed E-state index contributed by atoms with van der Waals surface area (Å²) in [6.45, 7) is 0. The van der Waals surface area contributed by atoms with Crippen LogP contribution in [0, 0.1) is 0 Å². The van der Waals surface area contributed by atoms with E-state index in [9.17, 15) is 30.6 Å². The van der Waals surface area contributed by atoms with Gasteiger partial charge in [0.25, 0.3) is 0 Å². The van der Waals surface area contributed by atoms with Crippen molar-refractivity contribution in [1.29, 1.82) is 0 Å². The zero-order valence-electron chi connectivity index (χ0n) is 13.7. The molecule has 6 N–H and O–H groups in total. The lowest BCUT2D eigenvalue weighted by atomic mass is 9.91. The highest BCUT2D eigenvalue weighted by Gasteiger charge is 2.29. The van der Waals surface area contributed by atoms with Gasteiger partial charge in [0.2, 0.25) is 16.3 Å². The highest BCUT2D eigenvalue weighted by atomic mass is 35.5. The highest BCUT2D eigenvalue weighted by Crippen LogP contribution is 2.57. The number of aromatic nitrogens is 3. The first-order valence-electron chi connectivity index (χ1n) is 7.47. The Labute approximate surface area is 170 Å². The minimum atomic E-state index is -0.873. The minimum Gasteiger partial charge on any atom is -0.507 e. The molecule has 0 radical (unpaired) electrons. The van der Waals surface area contributed by atoms with Crippen LogP contribution in [0.25, 0.3) is 31.6 Å². The van der Waals surface area contributed by atoms with Crippen LogP contribution in [0.15, 0.2) is 0 Å². The third kappa shape index (κ3) is 2.37. The molecule has 0 unspecified atom stereocenters. The molecule has 142 valence electrons. The Morgan fingerprint density at radius 1 is 0.643 bits per heavy atom. The zero-order valence-corrected chi connectivity index (χ0v) is 16.0. The topological polar surface area (TPSA) is 160 Å². The maximum atomic E-state index is 10.5. The lowest BCUT2D eigenvalue weighted by Gasteiger charge is -2.11. The summed E-state index contributed by atoms with van der Waals surface area (Å²) < 4.78 is 0.0826. The molecular weight excluding hydrogens is 432 g/mol. The number of rotatable bonds is 1. The fourth-order valence-corrected chi connectivity index (χ4v) is 4.54. The third-order valence-electron chi connectivity index (χ3n) is 4.25. The molecule has 0 bridgehead atoms. The first-order chi connectivity index (χ1) is 13.1. The molecule has 0 aliphatic carbocycles. The molecule has 9 nitrogen and oxygen atoms in total. The first-order valence-corrected chi connectivity index (χ1v) is 9.04. The Balaban J connectivity index is 2.34. The second-order valence-corrected chi connectivity index (χ2v) is 7.50. The lowest BCUT2D eigenvalue weighted by Crippen LogP contribution is -2.03. The molecule has 0 amide bonds. The molecule has 2 aromatic heterocycles. The van der Waals surface area contributed by atoms with Gasteiger partial charge < -0.3 is 30.6 Å². The largest absolute Gasteiger partial charge is 0.507 e. The number of thiophene rings is 1. The minimum absolute atomic E-state index is 0.0106. The molecule has 0 aliphatic heterocycles. The van der Waals surface area contributed by atoms with Crippen molar-refractivity contribution < 1.29 is 30.6 Å². The van der Waals surface area contributed by atoms with E-state index in [2.05, 4.69) is 15.0 Å². The van der Waals surface area contributed by atoms with Crippen molar-refractivity contribution in [2.75, 3.05) is 0 Å². The van der Waals surface area contributed by atoms with Gasteiger partial charge in [-0.3, -0.25) is 0 Å². The number of phenols is 6. The highest BCUT2D eigenvalue weighted by molar-refractivity contribution is 7.26. The van der Waals surface area contributed by atoms with Crippen molar-refractivity contribution in [3.8, 4) is 45.9 Å². The number of fused-ring (bicyclic) bond motifs is 3. The van der Waals surface area contributed by atoms with Crippen molar-refractivity contribution in [1.82, 2.24) is 15.0 Å². The number of hydrogen-bond acceptors (Lipinski definition) is 10. The van der Waals surface area contributed by atoms with E-state index in [4.69, 9.17) is 23.2 Å². The Kier molecular flexibility index (Phi) is 4.00. The monoisotopic (exact) mass is 439 g/mol. The summed E-state index contributed by atoms with van der Waals surface area (Å²) in [4.78, 5) is 11.3. The molecule has 0 spiro atoms. The molecular formula is C15H8BCl2N3O6S. The molecule has 0 fully saturated rings. The molecule has 0 saturated carbocycles. The van der Waals surface area contributed by atoms with E-state index in [-0.39, 0.29) is 53.3 Å². The molecule has 2 aromatic carbocycles. The standard InChI is InChI=1S/C15H8BCl2N3O6S/c16-4-7(24)5(22)2-1-3(13-19-14(17)21-15(18)20-13)6(23)9(26)10(27)11(1)28-12(2)8(4)25/h22-27H,16H2.